The van der Waals surface area contributed by atoms with Gasteiger partial charge in [-0.15, -0.1) is 0 Å². The third kappa shape index (κ3) is 2.58. The predicted octanol–water partition coefficient (Wildman–Crippen LogP) is 1.67. The lowest BCUT2D eigenvalue weighted by Gasteiger charge is -2.28. The number of nitrogens with zero attached hydrogens (tertiary/aromatic N) is 1. The molecule has 5 nitrogen and oxygen atoms in total. The number of carbonyl (C=O) groups is 1. The number of methoxy groups -OCH3 is 2. The maximum absolute atomic E-state index is 13.0. The first-order valence-electron chi connectivity index (χ1n) is 7.50. The van der Waals surface area contributed by atoms with Gasteiger partial charge in [0, 0.05) is 24.7 Å². The van der Waals surface area contributed by atoms with Crippen molar-refractivity contribution < 1.29 is 14.3 Å². The van der Waals surface area contributed by atoms with Crippen LogP contribution in [0, 0.1) is 0 Å². The monoisotopic (exact) mass is 290 g/mol. The lowest BCUT2D eigenvalue weighted by Crippen LogP contribution is -2.42. The summed E-state index contributed by atoms with van der Waals surface area (Å²) in [7, 11) is 3.20. The zero-order chi connectivity index (χ0) is 14.8. The zero-order valence-corrected chi connectivity index (χ0v) is 12.6. The fourth-order valence-electron chi connectivity index (χ4n) is 3.43. The number of hydrogen-bond acceptors (Lipinski definition) is 4. The van der Waals surface area contributed by atoms with Gasteiger partial charge >= 0.3 is 0 Å². The zero-order valence-electron chi connectivity index (χ0n) is 12.6. The minimum Gasteiger partial charge on any atom is -0.497 e. The van der Waals surface area contributed by atoms with E-state index < -0.39 is 0 Å². The lowest BCUT2D eigenvalue weighted by molar-refractivity contribution is 0.0677. The molecule has 2 fully saturated rings. The topological polar surface area (TPSA) is 50.8 Å². The Morgan fingerprint density at radius 1 is 1.19 bits per heavy atom. The Morgan fingerprint density at radius 3 is 2.76 bits per heavy atom. The fourth-order valence-corrected chi connectivity index (χ4v) is 3.43. The molecule has 2 atom stereocenters. The van der Waals surface area contributed by atoms with Crippen LogP contribution in [0.25, 0.3) is 0 Å². The molecule has 2 aliphatic heterocycles. The smallest absolute Gasteiger partial charge is 0.258 e. The summed E-state index contributed by atoms with van der Waals surface area (Å²) in [6.07, 6.45) is 3.22. The Morgan fingerprint density at radius 2 is 2.00 bits per heavy atom. The summed E-state index contributed by atoms with van der Waals surface area (Å²) in [5.74, 6) is 1.35. The van der Waals surface area contributed by atoms with E-state index >= 15 is 0 Å². The highest BCUT2D eigenvalue weighted by atomic mass is 16.5. The van der Waals surface area contributed by atoms with E-state index in [-0.39, 0.29) is 5.91 Å². The van der Waals surface area contributed by atoms with E-state index in [1.54, 1.807) is 26.4 Å². The molecule has 2 aliphatic rings. The first kappa shape index (κ1) is 14.2. The van der Waals surface area contributed by atoms with Crippen LogP contribution < -0.4 is 14.8 Å². The van der Waals surface area contributed by atoms with Crippen molar-refractivity contribution in [3.63, 3.8) is 0 Å². The Balaban J connectivity index is 1.91. The molecule has 0 aromatic heterocycles. The van der Waals surface area contributed by atoms with E-state index in [2.05, 4.69) is 10.2 Å². The van der Waals surface area contributed by atoms with E-state index in [0.717, 1.165) is 32.4 Å². The molecule has 0 aliphatic carbocycles. The number of ether oxygens (including phenoxy) is 2. The molecular weight excluding hydrogens is 268 g/mol. The second-order valence-corrected chi connectivity index (χ2v) is 5.66. The number of nitrogens with one attached hydrogen (secondary N) is 1. The van der Waals surface area contributed by atoms with Crippen molar-refractivity contribution in [2.45, 2.75) is 31.3 Å². The molecule has 5 heteroatoms. The normalized spacial score (nSPS) is 24.6. The molecule has 1 aromatic carbocycles. The third-order valence-corrected chi connectivity index (χ3v) is 4.53. The van der Waals surface area contributed by atoms with Gasteiger partial charge in [0.25, 0.3) is 5.91 Å². The van der Waals surface area contributed by atoms with Crippen molar-refractivity contribution in [1.29, 1.82) is 0 Å². The summed E-state index contributed by atoms with van der Waals surface area (Å²) in [5, 5.41) is 3.42. The van der Waals surface area contributed by atoms with E-state index in [4.69, 9.17) is 9.47 Å². The molecule has 0 saturated carbocycles. The quantitative estimate of drug-likeness (QED) is 0.920. The summed E-state index contributed by atoms with van der Waals surface area (Å²) >= 11 is 0. The molecule has 114 valence electrons. The van der Waals surface area contributed by atoms with Gasteiger partial charge in [-0.25, -0.2) is 0 Å². The highest BCUT2D eigenvalue weighted by Crippen LogP contribution is 2.33. The number of hydrogen-bond donors (Lipinski definition) is 1. The van der Waals surface area contributed by atoms with E-state index in [1.165, 1.54) is 0 Å². The van der Waals surface area contributed by atoms with Crippen LogP contribution in [-0.2, 0) is 0 Å². The first-order valence-corrected chi connectivity index (χ1v) is 7.50. The average Bonchev–Trinajstić information content (AvgIpc) is 2.78. The predicted molar refractivity (Wildman–Crippen MR) is 80.0 cm³/mol. The van der Waals surface area contributed by atoms with Crippen LogP contribution in [-0.4, -0.2) is 50.2 Å². The molecule has 0 radical (unpaired) electrons. The van der Waals surface area contributed by atoms with Gasteiger partial charge in [-0.1, -0.05) is 0 Å². The summed E-state index contributed by atoms with van der Waals surface area (Å²) in [4.78, 5) is 15.0. The second kappa shape index (κ2) is 5.93. The van der Waals surface area contributed by atoms with Crippen LogP contribution in [0.2, 0.25) is 0 Å². The second-order valence-electron chi connectivity index (χ2n) is 5.66. The fraction of sp³-hybridized carbons (Fsp3) is 0.562. The molecule has 2 unspecified atom stereocenters. The Bertz CT molecular complexity index is 518. The molecule has 2 saturated heterocycles. The number of fused-ring (bicyclic) bond motifs is 2. The van der Waals surface area contributed by atoms with Crippen molar-refractivity contribution in [2.75, 3.05) is 27.3 Å². The van der Waals surface area contributed by atoms with Crippen LogP contribution >= 0.6 is 0 Å². The van der Waals surface area contributed by atoms with Crippen molar-refractivity contribution in [2.24, 2.45) is 0 Å². The van der Waals surface area contributed by atoms with Crippen molar-refractivity contribution >= 4 is 5.91 Å². The van der Waals surface area contributed by atoms with Gasteiger partial charge in [-0.05, 0) is 37.9 Å². The van der Waals surface area contributed by atoms with Gasteiger partial charge in [-0.2, -0.15) is 0 Å². The van der Waals surface area contributed by atoms with Crippen LogP contribution in [0.3, 0.4) is 0 Å². The molecule has 0 spiro atoms. The third-order valence-electron chi connectivity index (χ3n) is 4.53. The molecule has 2 heterocycles. The highest BCUT2D eigenvalue weighted by Gasteiger charge is 2.39. The molecular formula is C16H22N2O3. The van der Waals surface area contributed by atoms with Gasteiger partial charge in [0.15, 0.2) is 0 Å². The van der Waals surface area contributed by atoms with Crippen LogP contribution in [0.1, 0.15) is 29.6 Å². The van der Waals surface area contributed by atoms with Gasteiger partial charge in [0.1, 0.15) is 11.5 Å². The molecule has 21 heavy (non-hydrogen) atoms. The largest absolute Gasteiger partial charge is 0.497 e. The van der Waals surface area contributed by atoms with Gasteiger partial charge in [-0.3, -0.25) is 4.79 Å². The van der Waals surface area contributed by atoms with E-state index in [1.807, 2.05) is 6.07 Å². The van der Waals surface area contributed by atoms with E-state index in [0.29, 0.717) is 29.1 Å². The van der Waals surface area contributed by atoms with Crippen LogP contribution in [0.5, 0.6) is 11.5 Å². The molecule has 1 amide bonds. The number of benzene rings is 1. The minimum absolute atomic E-state index is 0.0747. The maximum Gasteiger partial charge on any atom is 0.258 e. The number of amides is 1. The van der Waals surface area contributed by atoms with Gasteiger partial charge < -0.3 is 19.7 Å². The summed E-state index contributed by atoms with van der Waals surface area (Å²) in [6.45, 7) is 1.88. The summed E-state index contributed by atoms with van der Waals surface area (Å²) < 4.78 is 10.6. The Kier molecular flexibility index (Phi) is 4.01. The van der Waals surface area contributed by atoms with E-state index in [9.17, 15) is 4.79 Å². The van der Waals surface area contributed by atoms with Crippen LogP contribution in [0.15, 0.2) is 18.2 Å². The molecule has 1 aromatic rings. The van der Waals surface area contributed by atoms with Gasteiger partial charge in [0.2, 0.25) is 0 Å². The number of rotatable bonds is 3. The maximum atomic E-state index is 13.0. The Labute approximate surface area is 125 Å². The minimum atomic E-state index is 0.0747. The highest BCUT2D eigenvalue weighted by molar-refractivity contribution is 5.97. The molecule has 1 N–H and O–H groups in total. The molecule has 3 rings (SSSR count). The number of carbonyl (C=O) groups excluding carboxylic acids is 1. The SMILES string of the molecule is COc1ccc(C(=O)N2C3CCNCC2CC3)c(OC)c1. The van der Waals surface area contributed by atoms with Crippen molar-refractivity contribution in [3.8, 4) is 11.5 Å². The van der Waals surface area contributed by atoms with Gasteiger partial charge in [0.05, 0.1) is 19.8 Å². The molecule has 2 bridgehead atoms. The van der Waals surface area contributed by atoms with Crippen molar-refractivity contribution in [1.82, 2.24) is 10.2 Å². The summed E-state index contributed by atoms with van der Waals surface area (Å²) in [6, 6.07) is 6.04. The summed E-state index contributed by atoms with van der Waals surface area (Å²) in [5.41, 5.74) is 0.622. The Hall–Kier alpha value is -1.75. The average molecular weight is 290 g/mol. The van der Waals surface area contributed by atoms with Crippen molar-refractivity contribution in [3.05, 3.63) is 23.8 Å². The standard InChI is InChI=1S/C16H22N2O3/c1-20-13-5-6-14(15(9-13)21-2)16(19)18-11-3-4-12(18)10-17-8-7-11/h5-6,9,11-12,17H,3-4,7-8,10H2,1-2H3. The lowest BCUT2D eigenvalue weighted by atomic mass is 10.1. The van der Waals surface area contributed by atoms with Crippen LogP contribution in [0.4, 0.5) is 0 Å². The first-order chi connectivity index (χ1) is 10.2.